The first-order valence-corrected chi connectivity index (χ1v) is 17.1. The second-order valence-corrected chi connectivity index (χ2v) is 15.7. The van der Waals surface area contributed by atoms with Crippen molar-refractivity contribution >= 4 is 8.32 Å². The Bertz CT molecular complexity index is 399. The maximum atomic E-state index is 6.12. The molecule has 0 fully saturated rings. The van der Waals surface area contributed by atoms with Crippen molar-refractivity contribution in [1.82, 2.24) is 14.7 Å². The first-order chi connectivity index (χ1) is 15.7. The molecule has 33 heavy (non-hydrogen) atoms. The fraction of sp³-hybridized carbons (Fsp3) is 1.00. The zero-order chi connectivity index (χ0) is 25.2. The molecule has 0 aliphatic rings. The number of nitrogens with zero attached hydrogens (tertiary/aromatic N) is 3. The van der Waals surface area contributed by atoms with Gasteiger partial charge in [0.15, 0.2) is 8.32 Å². The third kappa shape index (κ3) is 15.6. The van der Waals surface area contributed by atoms with Crippen LogP contribution >= 0.6 is 0 Å². The zero-order valence-corrected chi connectivity index (χ0v) is 25.5. The van der Waals surface area contributed by atoms with E-state index in [1.165, 1.54) is 116 Å². The summed E-state index contributed by atoms with van der Waals surface area (Å²) in [5, 5.41) is 0. The second kappa shape index (κ2) is 19.3. The summed E-state index contributed by atoms with van der Waals surface area (Å²) in [5.41, 5.74) is 0.481. The lowest BCUT2D eigenvalue weighted by Crippen LogP contribution is -2.36. The van der Waals surface area contributed by atoms with Gasteiger partial charge in [-0.3, -0.25) is 0 Å². The second-order valence-electron chi connectivity index (χ2n) is 11.2. The van der Waals surface area contributed by atoms with Crippen molar-refractivity contribution in [2.75, 3.05) is 67.5 Å². The average Bonchev–Trinajstić information content (AvgIpc) is 2.78. The van der Waals surface area contributed by atoms with Gasteiger partial charge in [0.05, 0.1) is 0 Å². The SMILES string of the molecule is CCCN(C)CCCC(CCCN(C)CCC)(CCCN(C)CCC)CC[Si](C)(CC)OC. The maximum absolute atomic E-state index is 6.12. The first kappa shape index (κ1) is 33.1. The monoisotopic (exact) mass is 485 g/mol. The van der Waals surface area contributed by atoms with Gasteiger partial charge in [0, 0.05) is 7.11 Å². The van der Waals surface area contributed by atoms with Crippen LogP contribution in [0.2, 0.25) is 18.6 Å². The Morgan fingerprint density at radius 3 is 1.24 bits per heavy atom. The van der Waals surface area contributed by atoms with Crippen molar-refractivity contribution in [2.45, 2.75) is 111 Å². The molecule has 0 rings (SSSR count). The highest BCUT2D eigenvalue weighted by molar-refractivity contribution is 6.72. The van der Waals surface area contributed by atoms with Gasteiger partial charge in [-0.05, 0) is 149 Å². The Balaban J connectivity index is 5.38. The molecule has 0 radical (unpaired) electrons. The lowest BCUT2D eigenvalue weighted by atomic mass is 9.73. The molecule has 0 aromatic heterocycles. The molecule has 0 amide bonds. The van der Waals surface area contributed by atoms with E-state index in [-0.39, 0.29) is 0 Å². The summed E-state index contributed by atoms with van der Waals surface area (Å²) in [5.74, 6) is 0. The number of rotatable bonds is 23. The van der Waals surface area contributed by atoms with Crippen LogP contribution in [0, 0.1) is 5.41 Å². The van der Waals surface area contributed by atoms with Gasteiger partial charge in [-0.2, -0.15) is 0 Å². The lowest BCUT2D eigenvalue weighted by molar-refractivity contribution is 0.161. The maximum Gasteiger partial charge on any atom is 0.188 e. The van der Waals surface area contributed by atoms with E-state index in [2.05, 4.69) is 70.1 Å². The highest BCUT2D eigenvalue weighted by Gasteiger charge is 2.34. The fourth-order valence-electron chi connectivity index (χ4n) is 5.36. The van der Waals surface area contributed by atoms with Crippen molar-refractivity contribution < 1.29 is 4.43 Å². The quantitative estimate of drug-likeness (QED) is 0.145. The molecule has 0 spiro atoms. The molecule has 1 unspecified atom stereocenters. The highest BCUT2D eigenvalue weighted by Crippen LogP contribution is 2.42. The van der Waals surface area contributed by atoms with Gasteiger partial charge in [0.1, 0.15) is 0 Å². The predicted molar refractivity (Wildman–Crippen MR) is 152 cm³/mol. The van der Waals surface area contributed by atoms with E-state index >= 15 is 0 Å². The lowest BCUT2D eigenvalue weighted by Gasteiger charge is -2.38. The minimum Gasteiger partial charge on any atom is -0.420 e. The summed E-state index contributed by atoms with van der Waals surface area (Å²) in [6.07, 6.45) is 13.3. The van der Waals surface area contributed by atoms with Crippen LogP contribution < -0.4 is 0 Å². The molecule has 0 N–H and O–H groups in total. The normalized spacial score (nSPS) is 14.5. The minimum absolute atomic E-state index is 0.481. The Labute approximate surface area is 210 Å². The van der Waals surface area contributed by atoms with Crippen molar-refractivity contribution in [2.24, 2.45) is 5.41 Å². The molecular formula is C28H63N3OSi. The molecule has 0 heterocycles. The van der Waals surface area contributed by atoms with Gasteiger partial charge in [0.2, 0.25) is 0 Å². The van der Waals surface area contributed by atoms with Gasteiger partial charge in [-0.15, -0.1) is 0 Å². The predicted octanol–water partition coefficient (Wildman–Crippen LogP) is 6.97. The number of hydrogen-bond acceptors (Lipinski definition) is 4. The van der Waals surface area contributed by atoms with Crippen LogP contribution in [0.25, 0.3) is 0 Å². The zero-order valence-electron chi connectivity index (χ0n) is 24.5. The van der Waals surface area contributed by atoms with Crippen molar-refractivity contribution in [1.29, 1.82) is 0 Å². The van der Waals surface area contributed by atoms with E-state index in [1.54, 1.807) is 0 Å². The van der Waals surface area contributed by atoms with E-state index in [4.69, 9.17) is 4.43 Å². The van der Waals surface area contributed by atoms with Crippen LogP contribution in [-0.2, 0) is 4.43 Å². The van der Waals surface area contributed by atoms with Crippen LogP contribution in [-0.4, -0.2) is 90.5 Å². The van der Waals surface area contributed by atoms with E-state index in [1.807, 2.05) is 7.11 Å². The molecule has 0 aliphatic carbocycles. The van der Waals surface area contributed by atoms with Gasteiger partial charge in [-0.1, -0.05) is 27.7 Å². The van der Waals surface area contributed by atoms with Crippen molar-refractivity contribution in [3.8, 4) is 0 Å². The van der Waals surface area contributed by atoms with E-state index in [0.717, 1.165) is 0 Å². The smallest absolute Gasteiger partial charge is 0.188 e. The van der Waals surface area contributed by atoms with Gasteiger partial charge in [0.25, 0.3) is 0 Å². The Morgan fingerprint density at radius 1 is 0.606 bits per heavy atom. The van der Waals surface area contributed by atoms with Crippen LogP contribution in [0.1, 0.15) is 91.9 Å². The Morgan fingerprint density at radius 2 is 0.970 bits per heavy atom. The highest BCUT2D eigenvalue weighted by atomic mass is 28.4. The van der Waals surface area contributed by atoms with Gasteiger partial charge in [-0.25, -0.2) is 0 Å². The third-order valence-corrected chi connectivity index (χ3v) is 11.8. The van der Waals surface area contributed by atoms with Crippen LogP contribution in [0.4, 0.5) is 0 Å². The average molecular weight is 486 g/mol. The fourth-order valence-corrected chi connectivity index (χ4v) is 7.26. The molecule has 0 aromatic carbocycles. The van der Waals surface area contributed by atoms with Crippen LogP contribution in [0.3, 0.4) is 0 Å². The van der Waals surface area contributed by atoms with Gasteiger partial charge >= 0.3 is 0 Å². The van der Waals surface area contributed by atoms with E-state index < -0.39 is 8.32 Å². The Hall–Kier alpha value is 0.0569. The molecule has 0 saturated heterocycles. The van der Waals surface area contributed by atoms with Crippen LogP contribution in [0.15, 0.2) is 0 Å². The molecular weight excluding hydrogens is 422 g/mol. The van der Waals surface area contributed by atoms with Crippen molar-refractivity contribution in [3.05, 3.63) is 0 Å². The summed E-state index contributed by atoms with van der Waals surface area (Å²) in [6, 6.07) is 2.55. The summed E-state index contributed by atoms with van der Waals surface area (Å²) in [6.45, 7) is 19.1. The first-order valence-electron chi connectivity index (χ1n) is 14.3. The Kier molecular flexibility index (Phi) is 19.3. The summed E-state index contributed by atoms with van der Waals surface area (Å²) < 4.78 is 6.12. The summed E-state index contributed by atoms with van der Waals surface area (Å²) in [4.78, 5) is 7.61. The van der Waals surface area contributed by atoms with Crippen molar-refractivity contribution in [3.63, 3.8) is 0 Å². The molecule has 0 bridgehead atoms. The summed E-state index contributed by atoms with van der Waals surface area (Å²) in [7, 11) is 7.32. The minimum atomic E-state index is -1.56. The topological polar surface area (TPSA) is 19.0 Å². The molecule has 4 nitrogen and oxygen atoms in total. The summed E-state index contributed by atoms with van der Waals surface area (Å²) >= 11 is 0. The third-order valence-electron chi connectivity index (χ3n) is 7.98. The standard InChI is InChI=1S/C28H63N3OSi/c1-10-21-29(5)24-14-17-28(18-15-25-30(6)22-11-2,19-16-26-31(7)23-12-3)20-27-33(9,13-4)32-8/h10-27H2,1-9H3. The molecule has 1 atom stereocenters. The number of hydrogen-bond donors (Lipinski definition) is 0. The van der Waals surface area contributed by atoms with E-state index in [0.29, 0.717) is 5.41 Å². The molecule has 0 aliphatic heterocycles. The molecule has 0 aromatic rings. The molecule has 200 valence electrons. The largest absolute Gasteiger partial charge is 0.420 e. The van der Waals surface area contributed by atoms with E-state index in [9.17, 15) is 0 Å². The van der Waals surface area contributed by atoms with Gasteiger partial charge < -0.3 is 19.1 Å². The molecule has 5 heteroatoms. The van der Waals surface area contributed by atoms with Crippen LogP contribution in [0.5, 0.6) is 0 Å². The molecule has 0 saturated carbocycles.